The third-order valence-electron chi connectivity index (χ3n) is 9.90. The molecule has 0 saturated heterocycles. The number of carbonyl (C=O) groups excluding carboxylic acids is 5. The summed E-state index contributed by atoms with van der Waals surface area (Å²) in [6.45, 7) is 11.1. The number of thiazole rings is 1. The lowest BCUT2D eigenvalue weighted by atomic mass is 9.98. The first-order valence-electron chi connectivity index (χ1n) is 20.8. The van der Waals surface area contributed by atoms with Gasteiger partial charge in [-0.15, -0.1) is 23.1 Å². The van der Waals surface area contributed by atoms with Crippen LogP contribution in [0.5, 0.6) is 5.75 Å². The largest absolute Gasteiger partial charge is 0.508 e. The Morgan fingerprint density at radius 3 is 2.00 bits per heavy atom. The first-order chi connectivity index (χ1) is 29.9. The van der Waals surface area contributed by atoms with Gasteiger partial charge in [-0.05, 0) is 72.1 Å². The minimum atomic E-state index is -1.14. The Kier molecular flexibility index (Phi) is 17.1. The number of hydrogen-bond donors (Lipinski definition) is 7. The average molecular weight is 902 g/mol. The Hall–Kier alpha value is -6.01. The average Bonchev–Trinajstić information content (AvgIpc) is 3.90. The predicted molar refractivity (Wildman–Crippen MR) is 244 cm³/mol. The molecule has 1 aromatic heterocycles. The van der Waals surface area contributed by atoms with E-state index in [2.05, 4.69) is 36.6 Å². The van der Waals surface area contributed by atoms with Crippen molar-refractivity contribution in [2.24, 2.45) is 22.7 Å². The summed E-state index contributed by atoms with van der Waals surface area (Å²) in [5.41, 5.74) is 2.48. The number of anilines is 1. The van der Waals surface area contributed by atoms with Crippen molar-refractivity contribution in [3.63, 3.8) is 0 Å². The zero-order valence-electron chi connectivity index (χ0n) is 36.0. The zero-order chi connectivity index (χ0) is 45.8. The number of carboxylic acids is 1. The first kappa shape index (κ1) is 48.0. The lowest BCUT2D eigenvalue weighted by Crippen LogP contribution is -2.59. The molecule has 0 bridgehead atoms. The normalized spacial score (nSPS) is 15.6. The number of aromatic nitrogens is 1. The number of benzene rings is 3. The van der Waals surface area contributed by atoms with Crippen LogP contribution in [0.4, 0.5) is 10.5 Å². The molecule has 1 unspecified atom stereocenters. The molecular formula is C45H55N7O9S2. The Bertz CT molecular complexity index is 2280. The standard InChI is InChI=1S/C45H55N7O9S2/c1-24(2)18-32(47-39(55)33(19-25(3)4)51-45(60)61-22-28-10-8-7-9-11-28)40(56)52-37(26(5)6)41(57)48-34(20-27-12-15-30(53)16-13-27)38(54)46-29-14-17-31-36(21-29)63-43(49-31)42-50-35(23-62-42)44(58)59/h7-17,21,24-26,32-35,37,53H,18-20,22-23H2,1-6H3,(H,46,54)(H,47,55)(H,48,57)(H,51,60)(H,52,56)(H,58,59)/t32-,33-,34-,35?,37-/m0/s1. The monoisotopic (exact) mass is 901 g/mol. The molecule has 5 amide bonds. The summed E-state index contributed by atoms with van der Waals surface area (Å²) in [7, 11) is 0. The third-order valence-corrected chi connectivity index (χ3v) is 12.1. The van der Waals surface area contributed by atoms with Gasteiger partial charge in [0.2, 0.25) is 23.6 Å². The summed E-state index contributed by atoms with van der Waals surface area (Å²) in [5, 5.41) is 34.3. The van der Waals surface area contributed by atoms with Crippen molar-refractivity contribution < 1.29 is 43.7 Å². The van der Waals surface area contributed by atoms with Crippen molar-refractivity contribution >= 4 is 79.7 Å². The molecule has 5 rings (SSSR count). The van der Waals surface area contributed by atoms with E-state index in [9.17, 15) is 39.0 Å². The molecule has 7 N–H and O–H groups in total. The van der Waals surface area contributed by atoms with E-state index in [0.717, 1.165) is 10.3 Å². The highest BCUT2D eigenvalue weighted by atomic mass is 32.2. The lowest BCUT2D eigenvalue weighted by Gasteiger charge is -2.29. The molecule has 4 aromatic rings. The van der Waals surface area contributed by atoms with E-state index in [1.807, 2.05) is 58.0 Å². The maximum absolute atomic E-state index is 14.1. The molecule has 1 aliphatic rings. The second-order valence-corrected chi connectivity index (χ2v) is 18.6. The van der Waals surface area contributed by atoms with Gasteiger partial charge in [-0.2, -0.15) is 0 Å². The summed E-state index contributed by atoms with van der Waals surface area (Å²) in [6.07, 6.45) is -0.247. The van der Waals surface area contributed by atoms with E-state index in [1.54, 1.807) is 44.2 Å². The molecule has 16 nitrogen and oxygen atoms in total. The quantitative estimate of drug-likeness (QED) is 0.0574. The smallest absolute Gasteiger partial charge is 0.408 e. The van der Waals surface area contributed by atoms with Crippen LogP contribution >= 0.6 is 23.1 Å². The minimum Gasteiger partial charge on any atom is -0.508 e. The molecule has 0 radical (unpaired) electrons. The molecule has 0 saturated carbocycles. The highest BCUT2D eigenvalue weighted by Gasteiger charge is 2.34. The molecule has 18 heteroatoms. The number of alkyl carbamates (subject to hydrolysis) is 1. The van der Waals surface area contributed by atoms with Gasteiger partial charge in [0.05, 0.1) is 10.2 Å². The van der Waals surface area contributed by atoms with Gasteiger partial charge in [-0.1, -0.05) is 84.0 Å². The van der Waals surface area contributed by atoms with Crippen LogP contribution in [-0.2, 0) is 41.7 Å². The molecule has 0 fully saturated rings. The van der Waals surface area contributed by atoms with Crippen molar-refractivity contribution in [3.05, 3.63) is 88.9 Å². The number of carboxylic acid groups (broad SMARTS) is 1. The van der Waals surface area contributed by atoms with Crippen LogP contribution in [0.3, 0.4) is 0 Å². The molecule has 336 valence electrons. The number of rotatable bonds is 20. The van der Waals surface area contributed by atoms with Crippen molar-refractivity contribution in [2.45, 2.75) is 97.6 Å². The van der Waals surface area contributed by atoms with Crippen LogP contribution in [0.25, 0.3) is 10.2 Å². The van der Waals surface area contributed by atoms with Gasteiger partial charge in [0.15, 0.2) is 6.04 Å². The Morgan fingerprint density at radius 2 is 1.38 bits per heavy atom. The van der Waals surface area contributed by atoms with Gasteiger partial charge >= 0.3 is 12.1 Å². The number of aliphatic carboxylic acids is 1. The van der Waals surface area contributed by atoms with Crippen LogP contribution in [0.1, 0.15) is 70.5 Å². The summed E-state index contributed by atoms with van der Waals surface area (Å²) in [6, 6.07) is 15.3. The Morgan fingerprint density at radius 1 is 0.746 bits per heavy atom. The third kappa shape index (κ3) is 14.3. The number of ether oxygens (including phenoxy) is 1. The number of carbonyl (C=O) groups is 6. The van der Waals surface area contributed by atoms with Gasteiger partial charge in [0.25, 0.3) is 0 Å². The van der Waals surface area contributed by atoms with E-state index in [4.69, 9.17) is 4.74 Å². The van der Waals surface area contributed by atoms with Crippen molar-refractivity contribution in [1.82, 2.24) is 26.3 Å². The van der Waals surface area contributed by atoms with Crippen LogP contribution in [-0.4, -0.2) is 91.9 Å². The number of phenolic OH excluding ortho intramolecular Hbond substituents is 1. The fourth-order valence-corrected chi connectivity index (χ4v) is 8.76. The molecule has 2 heterocycles. The highest BCUT2D eigenvalue weighted by molar-refractivity contribution is 8.15. The zero-order valence-corrected chi connectivity index (χ0v) is 37.7. The molecule has 3 aromatic carbocycles. The van der Waals surface area contributed by atoms with Crippen LogP contribution < -0.4 is 26.6 Å². The fraction of sp³-hybridized carbons (Fsp3) is 0.422. The number of thioether (sulfide) groups is 1. The predicted octanol–water partition coefficient (Wildman–Crippen LogP) is 5.63. The highest BCUT2D eigenvalue weighted by Crippen LogP contribution is 2.31. The topological polar surface area (TPSA) is 238 Å². The number of nitrogens with one attached hydrogen (secondary N) is 5. The number of fused-ring (bicyclic) bond motifs is 1. The molecule has 5 atom stereocenters. The molecule has 0 aliphatic carbocycles. The van der Waals surface area contributed by atoms with Crippen LogP contribution in [0, 0.1) is 17.8 Å². The summed E-state index contributed by atoms with van der Waals surface area (Å²) >= 11 is 2.63. The Labute approximate surface area is 374 Å². The summed E-state index contributed by atoms with van der Waals surface area (Å²) in [4.78, 5) is 89.0. The van der Waals surface area contributed by atoms with Gasteiger partial charge < -0.3 is 41.5 Å². The molecular weight excluding hydrogens is 847 g/mol. The SMILES string of the molecule is CC(C)C[C@H](NC(=O)OCc1ccccc1)C(=O)N[C@@H](CC(C)C)C(=O)N[C@H](C(=O)N[C@@H](Cc1ccc(O)cc1)C(=O)Nc1ccc2nc(C3=NC(C(=O)O)CS3)sc2c1)C(C)C. The lowest BCUT2D eigenvalue weighted by molar-refractivity contribution is -0.137. The summed E-state index contributed by atoms with van der Waals surface area (Å²) in [5.74, 6) is -3.53. The maximum atomic E-state index is 14.1. The number of aliphatic imine (C=N–C) groups is 1. The minimum absolute atomic E-state index is 0.00301. The molecule has 63 heavy (non-hydrogen) atoms. The van der Waals surface area contributed by atoms with Gasteiger partial charge in [0.1, 0.15) is 46.6 Å². The number of amides is 5. The maximum Gasteiger partial charge on any atom is 0.408 e. The number of nitrogens with zero attached hydrogens (tertiary/aromatic N) is 2. The van der Waals surface area contributed by atoms with E-state index >= 15 is 0 Å². The van der Waals surface area contributed by atoms with Crippen LogP contribution in [0.15, 0.2) is 77.8 Å². The second kappa shape index (κ2) is 22.4. The van der Waals surface area contributed by atoms with Crippen molar-refractivity contribution in [3.8, 4) is 5.75 Å². The summed E-state index contributed by atoms with van der Waals surface area (Å²) < 4.78 is 6.09. The van der Waals surface area contributed by atoms with Gasteiger partial charge in [-0.3, -0.25) is 24.2 Å². The van der Waals surface area contributed by atoms with E-state index in [1.165, 1.54) is 35.2 Å². The number of phenols is 1. The molecule has 1 aliphatic heterocycles. The van der Waals surface area contributed by atoms with Crippen LogP contribution in [0.2, 0.25) is 0 Å². The number of hydrogen-bond acceptors (Lipinski definition) is 12. The fourth-order valence-electron chi connectivity index (χ4n) is 6.65. The van der Waals surface area contributed by atoms with Gasteiger partial charge in [-0.25, -0.2) is 14.6 Å². The van der Waals surface area contributed by atoms with Crippen molar-refractivity contribution in [2.75, 3.05) is 11.1 Å². The first-order valence-corrected chi connectivity index (χ1v) is 22.6. The van der Waals surface area contributed by atoms with E-state index < -0.39 is 71.8 Å². The number of aromatic hydroxyl groups is 1. The second-order valence-electron chi connectivity index (χ2n) is 16.5. The van der Waals surface area contributed by atoms with Gasteiger partial charge in [0, 0.05) is 17.9 Å². The van der Waals surface area contributed by atoms with E-state index in [-0.39, 0.29) is 43.5 Å². The molecule has 0 spiro atoms. The van der Waals surface area contributed by atoms with E-state index in [0.29, 0.717) is 32.6 Å². The van der Waals surface area contributed by atoms with Crippen molar-refractivity contribution in [1.29, 1.82) is 0 Å². The Balaban J connectivity index is 1.29.